The molecular formula is C22H22FN7O. The van der Waals surface area contributed by atoms with Gasteiger partial charge in [-0.05, 0) is 42.7 Å². The summed E-state index contributed by atoms with van der Waals surface area (Å²) in [5, 5.41) is 16.7. The van der Waals surface area contributed by atoms with Crippen LogP contribution < -0.4 is 10.2 Å². The Bertz CT molecular complexity index is 1190. The highest BCUT2D eigenvalue weighted by molar-refractivity contribution is 5.63. The van der Waals surface area contributed by atoms with Gasteiger partial charge in [-0.15, -0.1) is 5.10 Å². The van der Waals surface area contributed by atoms with E-state index in [1.54, 1.807) is 35.2 Å². The van der Waals surface area contributed by atoms with Crippen molar-refractivity contribution in [1.82, 2.24) is 24.6 Å². The normalized spacial score (nSPS) is 16.2. The van der Waals surface area contributed by atoms with Crippen molar-refractivity contribution in [2.75, 3.05) is 29.9 Å². The molecule has 1 atom stereocenters. The number of imidazole rings is 1. The van der Waals surface area contributed by atoms with Gasteiger partial charge in [-0.1, -0.05) is 12.1 Å². The van der Waals surface area contributed by atoms with Gasteiger partial charge < -0.3 is 15.3 Å². The molecule has 31 heavy (non-hydrogen) atoms. The first kappa shape index (κ1) is 19.4. The van der Waals surface area contributed by atoms with Crippen LogP contribution in [0.3, 0.4) is 0 Å². The summed E-state index contributed by atoms with van der Waals surface area (Å²) >= 11 is 0. The van der Waals surface area contributed by atoms with E-state index in [0.29, 0.717) is 12.5 Å². The van der Waals surface area contributed by atoms with E-state index in [1.165, 1.54) is 6.07 Å². The number of hydrogen-bond donors (Lipinski definition) is 2. The van der Waals surface area contributed by atoms with Crippen molar-refractivity contribution in [2.24, 2.45) is 0 Å². The first-order chi connectivity index (χ1) is 15.2. The Morgan fingerprint density at radius 3 is 2.77 bits per heavy atom. The molecule has 1 saturated heterocycles. The number of rotatable bonds is 6. The zero-order chi connectivity index (χ0) is 21.2. The molecule has 1 aromatic carbocycles. The minimum atomic E-state index is -0.221. The topological polar surface area (TPSA) is 91.5 Å². The fraction of sp³-hybridized carbons (Fsp3) is 0.273. The van der Waals surface area contributed by atoms with Gasteiger partial charge in [0, 0.05) is 31.0 Å². The highest BCUT2D eigenvalue weighted by Gasteiger charge is 2.28. The summed E-state index contributed by atoms with van der Waals surface area (Å²) in [5.41, 5.74) is 3.26. The van der Waals surface area contributed by atoms with E-state index in [-0.39, 0.29) is 18.5 Å². The van der Waals surface area contributed by atoms with E-state index in [4.69, 9.17) is 10.2 Å². The molecule has 4 aromatic rings. The summed E-state index contributed by atoms with van der Waals surface area (Å²) in [5.74, 6) is 1.05. The molecule has 1 fully saturated rings. The van der Waals surface area contributed by atoms with Gasteiger partial charge in [-0.25, -0.2) is 23.9 Å². The lowest BCUT2D eigenvalue weighted by Crippen LogP contribution is -2.24. The molecule has 0 aliphatic carbocycles. The van der Waals surface area contributed by atoms with E-state index in [1.807, 2.05) is 18.2 Å². The van der Waals surface area contributed by atoms with Crippen molar-refractivity contribution in [3.8, 4) is 11.3 Å². The van der Waals surface area contributed by atoms with Crippen LogP contribution in [0, 0.1) is 5.82 Å². The Hall–Kier alpha value is -3.59. The van der Waals surface area contributed by atoms with Crippen LogP contribution in [-0.2, 0) is 0 Å². The first-order valence-corrected chi connectivity index (χ1v) is 10.3. The number of benzene rings is 1. The van der Waals surface area contributed by atoms with Crippen molar-refractivity contribution >= 4 is 17.4 Å². The smallest absolute Gasteiger partial charge is 0.222 e. The van der Waals surface area contributed by atoms with Gasteiger partial charge in [0.2, 0.25) is 5.95 Å². The Morgan fingerprint density at radius 1 is 1.10 bits per heavy atom. The van der Waals surface area contributed by atoms with Crippen LogP contribution in [0.2, 0.25) is 0 Å². The lowest BCUT2D eigenvalue weighted by Gasteiger charge is -2.26. The van der Waals surface area contributed by atoms with Crippen molar-refractivity contribution in [3.05, 3.63) is 66.4 Å². The Labute approximate surface area is 178 Å². The average Bonchev–Trinajstić information content (AvgIpc) is 3.45. The molecule has 8 nitrogen and oxygen atoms in total. The standard InChI is InChI=1S/C22H22FN7O/c23-17-4-1-3-15(11-17)18-5-2-9-29(18)21-7-6-20-25-14-19(30(20)28-21)16-12-26-22(27-13-16)24-8-10-31/h1,3-4,6-7,11-14,18,31H,2,5,8-10H2,(H,24,26,27). The van der Waals surface area contributed by atoms with Crippen LogP contribution in [0.5, 0.6) is 0 Å². The molecule has 1 aliphatic heterocycles. The molecule has 1 unspecified atom stereocenters. The Balaban J connectivity index is 1.47. The van der Waals surface area contributed by atoms with Crippen LogP contribution in [0.15, 0.2) is 55.0 Å². The molecule has 0 bridgehead atoms. The first-order valence-electron chi connectivity index (χ1n) is 10.3. The number of aliphatic hydroxyl groups excluding tert-OH is 1. The van der Waals surface area contributed by atoms with Gasteiger partial charge in [0.05, 0.1) is 24.5 Å². The van der Waals surface area contributed by atoms with Crippen molar-refractivity contribution in [1.29, 1.82) is 0 Å². The van der Waals surface area contributed by atoms with Crippen LogP contribution >= 0.6 is 0 Å². The third kappa shape index (κ3) is 3.79. The van der Waals surface area contributed by atoms with E-state index >= 15 is 0 Å². The predicted octanol–water partition coefficient (Wildman–Crippen LogP) is 3.07. The molecule has 0 radical (unpaired) electrons. The predicted molar refractivity (Wildman–Crippen MR) is 115 cm³/mol. The second-order valence-electron chi connectivity index (χ2n) is 7.46. The summed E-state index contributed by atoms with van der Waals surface area (Å²) in [7, 11) is 0. The fourth-order valence-electron chi connectivity index (χ4n) is 4.03. The highest BCUT2D eigenvalue weighted by Crippen LogP contribution is 2.35. The number of anilines is 2. The number of aliphatic hydroxyl groups is 1. The molecule has 4 heterocycles. The average molecular weight is 419 g/mol. The molecule has 0 saturated carbocycles. The third-order valence-electron chi connectivity index (χ3n) is 5.47. The fourth-order valence-corrected chi connectivity index (χ4v) is 4.03. The SMILES string of the molecule is OCCNc1ncc(-c2cnc3ccc(N4CCCC4c4cccc(F)c4)nn23)cn1. The van der Waals surface area contributed by atoms with Crippen LogP contribution in [-0.4, -0.2) is 49.4 Å². The molecule has 5 rings (SSSR count). The van der Waals surface area contributed by atoms with Gasteiger partial charge in [0.1, 0.15) is 11.6 Å². The molecule has 9 heteroatoms. The largest absolute Gasteiger partial charge is 0.395 e. The van der Waals surface area contributed by atoms with Crippen molar-refractivity contribution in [3.63, 3.8) is 0 Å². The number of nitrogens with zero attached hydrogens (tertiary/aromatic N) is 6. The lowest BCUT2D eigenvalue weighted by molar-refractivity contribution is 0.311. The second-order valence-corrected chi connectivity index (χ2v) is 7.46. The minimum absolute atomic E-state index is 0.0121. The molecule has 158 valence electrons. The van der Waals surface area contributed by atoms with E-state index in [9.17, 15) is 4.39 Å². The molecule has 3 aromatic heterocycles. The van der Waals surface area contributed by atoms with Crippen LogP contribution in [0.25, 0.3) is 16.9 Å². The monoisotopic (exact) mass is 419 g/mol. The van der Waals surface area contributed by atoms with E-state index in [0.717, 1.165) is 47.7 Å². The molecule has 0 spiro atoms. The van der Waals surface area contributed by atoms with Gasteiger partial charge >= 0.3 is 0 Å². The van der Waals surface area contributed by atoms with Gasteiger partial charge in [-0.2, -0.15) is 0 Å². The Morgan fingerprint density at radius 2 is 1.97 bits per heavy atom. The maximum absolute atomic E-state index is 13.8. The molecule has 1 aliphatic rings. The number of hydrogen-bond acceptors (Lipinski definition) is 7. The molecule has 0 amide bonds. The number of nitrogens with one attached hydrogen (secondary N) is 1. The van der Waals surface area contributed by atoms with Crippen LogP contribution in [0.4, 0.5) is 16.2 Å². The quantitative estimate of drug-likeness (QED) is 0.496. The number of aromatic nitrogens is 5. The zero-order valence-electron chi connectivity index (χ0n) is 16.8. The van der Waals surface area contributed by atoms with E-state index < -0.39 is 0 Å². The number of halogens is 1. The van der Waals surface area contributed by atoms with Gasteiger partial charge in [-0.3, -0.25) is 0 Å². The van der Waals surface area contributed by atoms with Crippen molar-refractivity contribution < 1.29 is 9.50 Å². The second kappa shape index (κ2) is 8.27. The lowest BCUT2D eigenvalue weighted by atomic mass is 10.0. The maximum atomic E-state index is 13.8. The highest BCUT2D eigenvalue weighted by atomic mass is 19.1. The summed E-state index contributed by atoms with van der Waals surface area (Å²) in [4.78, 5) is 15.3. The summed E-state index contributed by atoms with van der Waals surface area (Å²) < 4.78 is 15.6. The molecule has 2 N–H and O–H groups in total. The summed E-state index contributed by atoms with van der Waals surface area (Å²) in [6.45, 7) is 1.26. The van der Waals surface area contributed by atoms with Gasteiger partial charge in [0.15, 0.2) is 5.65 Å². The Kier molecular flexibility index (Phi) is 5.17. The van der Waals surface area contributed by atoms with E-state index in [2.05, 4.69) is 25.2 Å². The number of fused-ring (bicyclic) bond motifs is 1. The minimum Gasteiger partial charge on any atom is -0.395 e. The van der Waals surface area contributed by atoms with Crippen LogP contribution in [0.1, 0.15) is 24.4 Å². The van der Waals surface area contributed by atoms with Gasteiger partial charge in [0.25, 0.3) is 0 Å². The van der Waals surface area contributed by atoms with Crippen molar-refractivity contribution in [2.45, 2.75) is 18.9 Å². The summed E-state index contributed by atoms with van der Waals surface area (Å²) in [6, 6.07) is 10.8. The third-order valence-corrected chi connectivity index (χ3v) is 5.47. The summed E-state index contributed by atoms with van der Waals surface area (Å²) in [6.07, 6.45) is 7.13. The molecular weight excluding hydrogens is 397 g/mol. The maximum Gasteiger partial charge on any atom is 0.222 e. The zero-order valence-corrected chi connectivity index (χ0v) is 16.8.